The SMILES string of the molecule is CCN(C)Cc1ccc(C(N)=S)cc1. The number of nitrogens with two attached hydrogens (primary N) is 1. The van der Waals surface area contributed by atoms with Gasteiger partial charge >= 0.3 is 0 Å². The van der Waals surface area contributed by atoms with Gasteiger partial charge in [0.25, 0.3) is 0 Å². The zero-order valence-electron chi connectivity index (χ0n) is 8.66. The maximum absolute atomic E-state index is 5.51. The minimum atomic E-state index is 0.459. The van der Waals surface area contributed by atoms with Gasteiger partial charge in [-0.25, -0.2) is 0 Å². The molecule has 0 amide bonds. The summed E-state index contributed by atoms with van der Waals surface area (Å²) in [5, 5.41) is 0. The van der Waals surface area contributed by atoms with Gasteiger partial charge in [0.05, 0.1) is 0 Å². The molecule has 1 aromatic rings. The predicted octanol–water partition coefficient (Wildman–Crippen LogP) is 1.77. The number of rotatable bonds is 4. The van der Waals surface area contributed by atoms with Gasteiger partial charge < -0.3 is 10.6 Å². The number of thiocarbonyl (C=S) groups is 1. The fourth-order valence-electron chi connectivity index (χ4n) is 1.20. The standard InChI is InChI=1S/C11H16N2S/c1-3-13(2)8-9-4-6-10(7-5-9)11(12)14/h4-7H,3,8H2,1-2H3,(H2,12,14). The Morgan fingerprint density at radius 1 is 1.36 bits per heavy atom. The van der Waals surface area contributed by atoms with Gasteiger partial charge in [0.2, 0.25) is 0 Å². The van der Waals surface area contributed by atoms with Crippen molar-refractivity contribution in [1.29, 1.82) is 0 Å². The second-order valence-electron chi connectivity index (χ2n) is 3.39. The van der Waals surface area contributed by atoms with Gasteiger partial charge in [-0.05, 0) is 19.2 Å². The van der Waals surface area contributed by atoms with Gasteiger partial charge in [-0.3, -0.25) is 0 Å². The van der Waals surface area contributed by atoms with Gasteiger partial charge in [-0.15, -0.1) is 0 Å². The molecule has 0 aliphatic heterocycles. The molecule has 0 radical (unpaired) electrons. The highest BCUT2D eigenvalue weighted by atomic mass is 32.1. The Hall–Kier alpha value is -0.930. The summed E-state index contributed by atoms with van der Waals surface area (Å²) in [6, 6.07) is 8.09. The monoisotopic (exact) mass is 208 g/mol. The van der Waals surface area contributed by atoms with Crippen LogP contribution in [-0.4, -0.2) is 23.5 Å². The van der Waals surface area contributed by atoms with Crippen LogP contribution in [0.4, 0.5) is 0 Å². The average molecular weight is 208 g/mol. The Balaban J connectivity index is 2.68. The molecule has 14 heavy (non-hydrogen) atoms. The molecular formula is C11H16N2S. The van der Waals surface area contributed by atoms with Crippen molar-refractivity contribution in [3.05, 3.63) is 35.4 Å². The lowest BCUT2D eigenvalue weighted by molar-refractivity contribution is 0.346. The van der Waals surface area contributed by atoms with E-state index in [1.165, 1.54) is 5.56 Å². The van der Waals surface area contributed by atoms with Crippen LogP contribution < -0.4 is 5.73 Å². The van der Waals surface area contributed by atoms with Gasteiger partial charge in [0, 0.05) is 12.1 Å². The third-order valence-corrected chi connectivity index (χ3v) is 2.47. The minimum absolute atomic E-state index is 0.459. The molecule has 0 saturated carbocycles. The normalized spacial score (nSPS) is 10.5. The first-order valence-corrected chi connectivity index (χ1v) is 5.11. The summed E-state index contributed by atoms with van der Waals surface area (Å²) in [6.07, 6.45) is 0. The van der Waals surface area contributed by atoms with Crippen LogP contribution in [0, 0.1) is 0 Å². The van der Waals surface area contributed by atoms with Crippen LogP contribution >= 0.6 is 12.2 Å². The topological polar surface area (TPSA) is 29.3 Å². The molecule has 0 spiro atoms. The first-order valence-electron chi connectivity index (χ1n) is 4.70. The summed E-state index contributed by atoms with van der Waals surface area (Å²) < 4.78 is 0. The van der Waals surface area contributed by atoms with E-state index in [2.05, 4.69) is 31.0 Å². The maximum atomic E-state index is 5.51. The van der Waals surface area contributed by atoms with Crippen molar-refractivity contribution < 1.29 is 0 Å². The van der Waals surface area contributed by atoms with Crippen molar-refractivity contribution in [1.82, 2.24) is 4.90 Å². The van der Waals surface area contributed by atoms with E-state index in [4.69, 9.17) is 18.0 Å². The zero-order valence-corrected chi connectivity index (χ0v) is 9.47. The smallest absolute Gasteiger partial charge is 0.103 e. The Morgan fingerprint density at radius 2 is 1.93 bits per heavy atom. The van der Waals surface area contributed by atoms with Crippen LogP contribution in [0.15, 0.2) is 24.3 Å². The molecule has 0 bridgehead atoms. The van der Waals surface area contributed by atoms with E-state index in [9.17, 15) is 0 Å². The first kappa shape index (κ1) is 11.1. The Morgan fingerprint density at radius 3 is 2.36 bits per heavy atom. The molecule has 1 aromatic carbocycles. The van der Waals surface area contributed by atoms with Crippen LogP contribution in [0.2, 0.25) is 0 Å². The maximum Gasteiger partial charge on any atom is 0.103 e. The second kappa shape index (κ2) is 5.08. The van der Waals surface area contributed by atoms with E-state index in [0.29, 0.717) is 4.99 Å². The Bertz CT molecular complexity index is 306. The van der Waals surface area contributed by atoms with Crippen LogP contribution in [0.5, 0.6) is 0 Å². The number of hydrogen-bond acceptors (Lipinski definition) is 2. The third-order valence-electron chi connectivity index (χ3n) is 2.23. The third kappa shape index (κ3) is 3.09. The van der Waals surface area contributed by atoms with Crippen molar-refractivity contribution >= 4 is 17.2 Å². The van der Waals surface area contributed by atoms with Gasteiger partial charge in [-0.1, -0.05) is 43.4 Å². The summed E-state index contributed by atoms with van der Waals surface area (Å²) in [5.74, 6) is 0. The Kier molecular flexibility index (Phi) is 4.04. The molecule has 3 heteroatoms. The molecule has 0 aliphatic carbocycles. The highest BCUT2D eigenvalue weighted by Crippen LogP contribution is 2.06. The highest BCUT2D eigenvalue weighted by Gasteiger charge is 1.99. The second-order valence-corrected chi connectivity index (χ2v) is 3.83. The van der Waals surface area contributed by atoms with E-state index in [1.807, 2.05) is 12.1 Å². The summed E-state index contributed by atoms with van der Waals surface area (Å²) in [4.78, 5) is 2.70. The van der Waals surface area contributed by atoms with E-state index in [-0.39, 0.29) is 0 Å². The molecule has 76 valence electrons. The van der Waals surface area contributed by atoms with Crippen molar-refractivity contribution in [2.24, 2.45) is 5.73 Å². The van der Waals surface area contributed by atoms with Crippen LogP contribution in [-0.2, 0) is 6.54 Å². The molecule has 0 unspecified atom stereocenters. The molecule has 0 fully saturated rings. The van der Waals surface area contributed by atoms with Gasteiger partial charge in [0.15, 0.2) is 0 Å². The van der Waals surface area contributed by atoms with Crippen LogP contribution in [0.1, 0.15) is 18.1 Å². The van der Waals surface area contributed by atoms with E-state index in [1.54, 1.807) is 0 Å². The average Bonchev–Trinajstić information content (AvgIpc) is 2.18. The lowest BCUT2D eigenvalue weighted by Gasteiger charge is -2.13. The number of nitrogens with zero attached hydrogens (tertiary/aromatic N) is 1. The molecule has 2 nitrogen and oxygen atoms in total. The molecule has 0 aliphatic rings. The highest BCUT2D eigenvalue weighted by molar-refractivity contribution is 7.80. The molecule has 0 atom stereocenters. The molecular weight excluding hydrogens is 192 g/mol. The summed E-state index contributed by atoms with van der Waals surface area (Å²) in [7, 11) is 2.10. The van der Waals surface area contributed by atoms with Crippen LogP contribution in [0.3, 0.4) is 0 Å². The molecule has 0 saturated heterocycles. The first-order chi connectivity index (χ1) is 6.63. The number of hydrogen-bond donors (Lipinski definition) is 1. The fourth-order valence-corrected chi connectivity index (χ4v) is 1.33. The van der Waals surface area contributed by atoms with Crippen molar-refractivity contribution in [2.45, 2.75) is 13.5 Å². The molecule has 1 rings (SSSR count). The van der Waals surface area contributed by atoms with E-state index in [0.717, 1.165) is 18.7 Å². The molecule has 0 aromatic heterocycles. The van der Waals surface area contributed by atoms with Gasteiger partial charge in [0.1, 0.15) is 4.99 Å². The lowest BCUT2D eigenvalue weighted by Crippen LogP contribution is -2.16. The van der Waals surface area contributed by atoms with Crippen molar-refractivity contribution in [3.8, 4) is 0 Å². The minimum Gasteiger partial charge on any atom is -0.389 e. The van der Waals surface area contributed by atoms with Crippen LogP contribution in [0.25, 0.3) is 0 Å². The van der Waals surface area contributed by atoms with Gasteiger partial charge in [-0.2, -0.15) is 0 Å². The summed E-state index contributed by atoms with van der Waals surface area (Å²) in [6.45, 7) is 4.16. The van der Waals surface area contributed by atoms with Crippen molar-refractivity contribution in [2.75, 3.05) is 13.6 Å². The Labute approximate surface area is 90.7 Å². The number of benzene rings is 1. The lowest BCUT2D eigenvalue weighted by atomic mass is 10.1. The summed E-state index contributed by atoms with van der Waals surface area (Å²) >= 11 is 4.88. The molecule has 0 heterocycles. The zero-order chi connectivity index (χ0) is 10.6. The van der Waals surface area contributed by atoms with E-state index < -0.39 is 0 Å². The van der Waals surface area contributed by atoms with E-state index >= 15 is 0 Å². The largest absolute Gasteiger partial charge is 0.389 e. The predicted molar refractivity (Wildman–Crippen MR) is 64.3 cm³/mol. The summed E-state index contributed by atoms with van der Waals surface area (Å²) in [5.41, 5.74) is 7.73. The fraction of sp³-hybridized carbons (Fsp3) is 0.364. The molecule has 2 N–H and O–H groups in total. The quantitative estimate of drug-likeness (QED) is 0.765. The van der Waals surface area contributed by atoms with Crippen molar-refractivity contribution in [3.63, 3.8) is 0 Å².